The van der Waals surface area contributed by atoms with Crippen molar-refractivity contribution >= 4 is 5.91 Å². The number of amides is 1. The molecule has 1 aromatic heterocycles. The number of aryl methyl sites for hydroxylation is 1. The molecule has 0 aliphatic carbocycles. The van der Waals surface area contributed by atoms with Gasteiger partial charge in [-0.05, 0) is 30.2 Å². The highest BCUT2D eigenvalue weighted by Crippen LogP contribution is 2.10. The number of benzene rings is 1. The van der Waals surface area contributed by atoms with Crippen LogP contribution in [0.1, 0.15) is 11.1 Å². The Morgan fingerprint density at radius 2 is 2.11 bits per heavy atom. The lowest BCUT2D eigenvalue weighted by atomic mass is 10.2. The van der Waals surface area contributed by atoms with Crippen molar-refractivity contribution in [2.24, 2.45) is 0 Å². The molecule has 1 amide bonds. The molecule has 100 valence electrons. The predicted octanol–water partition coefficient (Wildman–Crippen LogP) is 1.52. The molecule has 0 radical (unpaired) electrons. The van der Waals surface area contributed by atoms with Crippen LogP contribution in [-0.2, 0) is 17.9 Å². The lowest BCUT2D eigenvalue weighted by Gasteiger charge is -2.06. The number of hydrogen-bond acceptors (Lipinski definition) is 3. The molecule has 1 N–H and O–H groups in total. The molecule has 0 aliphatic heterocycles. The number of carbonyl (C=O) groups is 1. The summed E-state index contributed by atoms with van der Waals surface area (Å²) in [5.41, 5.74) is 2.08. The third-order valence-electron chi connectivity index (χ3n) is 2.72. The molecule has 0 unspecified atom stereocenters. The van der Waals surface area contributed by atoms with Crippen LogP contribution >= 0.6 is 0 Å². The van der Waals surface area contributed by atoms with E-state index in [0.717, 1.165) is 16.9 Å². The van der Waals surface area contributed by atoms with Crippen LogP contribution < -0.4 is 10.1 Å². The van der Waals surface area contributed by atoms with Crippen LogP contribution in [0, 0.1) is 6.92 Å². The molecule has 0 fully saturated rings. The molecular formula is C14H17N3O2. The fourth-order valence-electron chi connectivity index (χ4n) is 1.70. The normalized spacial score (nSPS) is 10.2. The van der Waals surface area contributed by atoms with E-state index in [1.165, 1.54) is 0 Å². The molecule has 19 heavy (non-hydrogen) atoms. The monoisotopic (exact) mass is 259 g/mol. The second-order valence-electron chi connectivity index (χ2n) is 4.34. The summed E-state index contributed by atoms with van der Waals surface area (Å²) in [6.45, 7) is 2.69. The number of ether oxygens (including phenoxy) is 1. The molecule has 0 saturated heterocycles. The number of carbonyl (C=O) groups excluding carboxylic acids is 1. The van der Waals surface area contributed by atoms with E-state index in [0.29, 0.717) is 6.54 Å². The third kappa shape index (κ3) is 3.84. The second-order valence-corrected chi connectivity index (χ2v) is 4.34. The van der Waals surface area contributed by atoms with Crippen molar-refractivity contribution in [2.45, 2.75) is 20.0 Å². The number of nitrogens with one attached hydrogen (secondary N) is 1. The van der Waals surface area contributed by atoms with Crippen molar-refractivity contribution in [3.05, 3.63) is 47.8 Å². The van der Waals surface area contributed by atoms with E-state index >= 15 is 0 Å². The first-order valence-corrected chi connectivity index (χ1v) is 6.06. The van der Waals surface area contributed by atoms with E-state index in [-0.39, 0.29) is 12.5 Å². The zero-order chi connectivity index (χ0) is 13.7. The van der Waals surface area contributed by atoms with E-state index in [4.69, 9.17) is 4.74 Å². The van der Waals surface area contributed by atoms with Crippen molar-refractivity contribution < 1.29 is 9.53 Å². The van der Waals surface area contributed by atoms with Gasteiger partial charge in [0.05, 0.1) is 13.3 Å². The van der Waals surface area contributed by atoms with E-state index in [1.54, 1.807) is 18.0 Å². The minimum atomic E-state index is -0.0566. The first kappa shape index (κ1) is 13.1. The lowest BCUT2D eigenvalue weighted by molar-refractivity contribution is -0.122. The molecular weight excluding hydrogens is 242 g/mol. The van der Waals surface area contributed by atoms with Crippen LogP contribution in [0.15, 0.2) is 36.7 Å². The van der Waals surface area contributed by atoms with Crippen molar-refractivity contribution in [2.75, 3.05) is 7.11 Å². The van der Waals surface area contributed by atoms with Crippen LogP contribution in [0.5, 0.6) is 5.75 Å². The Balaban J connectivity index is 1.82. The molecule has 0 bridgehead atoms. The number of methoxy groups -OCH3 is 1. The van der Waals surface area contributed by atoms with Crippen LogP contribution in [0.25, 0.3) is 0 Å². The fraction of sp³-hybridized carbons (Fsp3) is 0.286. The average molecular weight is 259 g/mol. The van der Waals surface area contributed by atoms with Gasteiger partial charge in [0, 0.05) is 12.7 Å². The molecule has 0 atom stereocenters. The quantitative estimate of drug-likeness (QED) is 0.885. The van der Waals surface area contributed by atoms with Gasteiger partial charge in [-0.1, -0.05) is 12.1 Å². The predicted molar refractivity (Wildman–Crippen MR) is 71.8 cm³/mol. The highest BCUT2D eigenvalue weighted by molar-refractivity contribution is 5.75. The summed E-state index contributed by atoms with van der Waals surface area (Å²) in [6, 6.07) is 7.60. The molecule has 1 aromatic carbocycles. The van der Waals surface area contributed by atoms with Crippen molar-refractivity contribution in [1.82, 2.24) is 15.1 Å². The molecule has 1 heterocycles. The SMILES string of the molecule is COc1ccc(CNC(=O)Cn2cc(C)cn2)cc1. The molecule has 0 saturated carbocycles. The maximum Gasteiger partial charge on any atom is 0.241 e. The van der Waals surface area contributed by atoms with Gasteiger partial charge >= 0.3 is 0 Å². The van der Waals surface area contributed by atoms with Crippen molar-refractivity contribution in [1.29, 1.82) is 0 Å². The van der Waals surface area contributed by atoms with Gasteiger partial charge in [-0.25, -0.2) is 0 Å². The Kier molecular flexibility index (Phi) is 4.18. The van der Waals surface area contributed by atoms with Crippen LogP contribution in [-0.4, -0.2) is 22.8 Å². The molecule has 5 nitrogen and oxygen atoms in total. The largest absolute Gasteiger partial charge is 0.497 e. The van der Waals surface area contributed by atoms with E-state index < -0.39 is 0 Å². The van der Waals surface area contributed by atoms with E-state index in [9.17, 15) is 4.79 Å². The molecule has 0 aliphatic rings. The average Bonchev–Trinajstić information content (AvgIpc) is 2.82. The standard InChI is InChI=1S/C14H17N3O2/c1-11-7-16-17(9-11)10-14(18)15-8-12-3-5-13(19-2)6-4-12/h3-7,9H,8,10H2,1-2H3,(H,15,18). The molecule has 2 aromatic rings. The zero-order valence-electron chi connectivity index (χ0n) is 11.1. The summed E-state index contributed by atoms with van der Waals surface area (Å²) in [4.78, 5) is 11.7. The Hall–Kier alpha value is -2.30. The van der Waals surface area contributed by atoms with Crippen molar-refractivity contribution in [3.63, 3.8) is 0 Å². The number of hydrogen-bond donors (Lipinski definition) is 1. The van der Waals surface area contributed by atoms with Gasteiger partial charge in [0.25, 0.3) is 0 Å². The number of nitrogens with zero attached hydrogens (tertiary/aromatic N) is 2. The van der Waals surface area contributed by atoms with Gasteiger partial charge in [0.2, 0.25) is 5.91 Å². The highest BCUT2D eigenvalue weighted by Gasteiger charge is 2.03. The Morgan fingerprint density at radius 3 is 2.68 bits per heavy atom. The maximum absolute atomic E-state index is 11.7. The van der Waals surface area contributed by atoms with Crippen LogP contribution in [0.3, 0.4) is 0 Å². The summed E-state index contributed by atoms with van der Waals surface area (Å²) >= 11 is 0. The zero-order valence-corrected chi connectivity index (χ0v) is 11.1. The minimum Gasteiger partial charge on any atom is -0.497 e. The molecule has 0 spiro atoms. The van der Waals surface area contributed by atoms with Crippen LogP contribution in [0.4, 0.5) is 0 Å². The first-order valence-electron chi connectivity index (χ1n) is 6.06. The third-order valence-corrected chi connectivity index (χ3v) is 2.72. The van der Waals surface area contributed by atoms with Gasteiger partial charge in [-0.15, -0.1) is 0 Å². The fourth-order valence-corrected chi connectivity index (χ4v) is 1.70. The highest BCUT2D eigenvalue weighted by atomic mass is 16.5. The summed E-state index contributed by atoms with van der Waals surface area (Å²) in [5.74, 6) is 0.751. The molecule has 2 rings (SSSR count). The summed E-state index contributed by atoms with van der Waals surface area (Å²) in [7, 11) is 1.63. The Bertz CT molecular complexity index is 546. The number of rotatable bonds is 5. The Morgan fingerprint density at radius 1 is 1.37 bits per heavy atom. The second kappa shape index (κ2) is 6.04. The van der Waals surface area contributed by atoms with E-state index in [1.807, 2.05) is 37.4 Å². The smallest absolute Gasteiger partial charge is 0.241 e. The maximum atomic E-state index is 11.7. The minimum absolute atomic E-state index is 0.0566. The van der Waals surface area contributed by atoms with Crippen LogP contribution in [0.2, 0.25) is 0 Å². The Labute approximate surface area is 112 Å². The topological polar surface area (TPSA) is 56.1 Å². The number of aromatic nitrogens is 2. The van der Waals surface area contributed by atoms with Gasteiger partial charge < -0.3 is 10.1 Å². The summed E-state index contributed by atoms with van der Waals surface area (Å²) in [6.07, 6.45) is 3.57. The lowest BCUT2D eigenvalue weighted by Crippen LogP contribution is -2.27. The summed E-state index contributed by atoms with van der Waals surface area (Å²) < 4.78 is 6.70. The first-order chi connectivity index (χ1) is 9.17. The molecule has 5 heteroatoms. The van der Waals surface area contributed by atoms with Gasteiger partial charge in [-0.3, -0.25) is 9.48 Å². The summed E-state index contributed by atoms with van der Waals surface area (Å²) in [5, 5.41) is 6.93. The van der Waals surface area contributed by atoms with Crippen molar-refractivity contribution in [3.8, 4) is 5.75 Å². The van der Waals surface area contributed by atoms with Gasteiger partial charge in [-0.2, -0.15) is 5.10 Å². The van der Waals surface area contributed by atoms with Gasteiger partial charge in [0.1, 0.15) is 12.3 Å². The van der Waals surface area contributed by atoms with E-state index in [2.05, 4.69) is 10.4 Å². The van der Waals surface area contributed by atoms with Gasteiger partial charge in [0.15, 0.2) is 0 Å².